The summed E-state index contributed by atoms with van der Waals surface area (Å²) in [5, 5.41) is 2.28. The number of cyclic esters (lactones) is 1. The second-order valence-electron chi connectivity index (χ2n) is 4.93. The second-order valence-corrected chi connectivity index (χ2v) is 5.78. The Morgan fingerprint density at radius 3 is 2.70 bits per heavy atom. The van der Waals surface area contributed by atoms with Crippen LogP contribution in [0.25, 0.3) is 10.8 Å². The molecule has 0 saturated carbocycles. The number of benzene rings is 2. The van der Waals surface area contributed by atoms with E-state index in [1.165, 1.54) is 0 Å². The molecule has 0 spiro atoms. The van der Waals surface area contributed by atoms with Gasteiger partial charge in [-0.2, -0.15) is 0 Å². The molecular weight excluding hydrogens is 316 g/mol. The van der Waals surface area contributed by atoms with Gasteiger partial charge in [-0.1, -0.05) is 71.7 Å². The molecule has 1 unspecified atom stereocenters. The molecule has 2 nitrogen and oxygen atoms in total. The minimum atomic E-state index is -0.310. The number of esters is 1. The number of fused-ring (bicyclic) bond motifs is 1. The number of halogens is 1. The van der Waals surface area contributed by atoms with E-state index in [9.17, 15) is 4.79 Å². The molecular formula is C17H15BrO2. The maximum absolute atomic E-state index is 12.0. The predicted molar refractivity (Wildman–Crippen MR) is 83.6 cm³/mol. The summed E-state index contributed by atoms with van der Waals surface area (Å²) in [5.74, 6) is -0.198. The molecule has 0 fully saturated rings. The Balaban J connectivity index is 2.11. The van der Waals surface area contributed by atoms with Gasteiger partial charge >= 0.3 is 5.97 Å². The summed E-state index contributed by atoms with van der Waals surface area (Å²) in [6.45, 7) is 2.06. The topological polar surface area (TPSA) is 26.3 Å². The van der Waals surface area contributed by atoms with Crippen molar-refractivity contribution in [3.05, 3.63) is 58.1 Å². The Morgan fingerprint density at radius 2 is 1.90 bits per heavy atom. The van der Waals surface area contributed by atoms with Gasteiger partial charge in [0.2, 0.25) is 0 Å². The molecule has 3 rings (SSSR count). The van der Waals surface area contributed by atoms with Gasteiger partial charge in [-0.25, -0.2) is 4.79 Å². The quantitative estimate of drug-likeness (QED) is 0.749. The third kappa shape index (κ3) is 2.16. The third-order valence-corrected chi connectivity index (χ3v) is 4.49. The number of carbonyl (C=O) groups is 1. The second kappa shape index (κ2) is 5.41. The van der Waals surface area contributed by atoms with Gasteiger partial charge in [-0.15, -0.1) is 0 Å². The van der Waals surface area contributed by atoms with Crippen LogP contribution in [-0.2, 0) is 9.53 Å². The van der Waals surface area contributed by atoms with E-state index in [2.05, 4.69) is 41.1 Å². The summed E-state index contributed by atoms with van der Waals surface area (Å²) in [6, 6.07) is 14.3. The van der Waals surface area contributed by atoms with Gasteiger partial charge in [0, 0.05) is 5.56 Å². The molecule has 1 aliphatic heterocycles. The predicted octanol–water partition coefficient (Wildman–Crippen LogP) is 4.89. The molecule has 3 heteroatoms. The molecule has 0 N–H and O–H groups in total. The van der Waals surface area contributed by atoms with Crippen molar-refractivity contribution in [1.82, 2.24) is 0 Å². The largest absolute Gasteiger partial charge is 0.449 e. The molecule has 1 heterocycles. The van der Waals surface area contributed by atoms with E-state index in [1.54, 1.807) is 0 Å². The zero-order chi connectivity index (χ0) is 14.1. The van der Waals surface area contributed by atoms with Crippen LogP contribution < -0.4 is 0 Å². The average molecular weight is 331 g/mol. The molecule has 0 aliphatic carbocycles. The van der Waals surface area contributed by atoms with Gasteiger partial charge in [0.05, 0.1) is 10.1 Å². The fraction of sp³-hybridized carbons (Fsp3) is 0.235. The third-order valence-electron chi connectivity index (χ3n) is 3.60. The van der Waals surface area contributed by atoms with Crippen molar-refractivity contribution >= 4 is 32.7 Å². The van der Waals surface area contributed by atoms with Crippen LogP contribution in [0.1, 0.15) is 31.4 Å². The Bertz CT molecular complexity index is 698. The molecule has 20 heavy (non-hydrogen) atoms. The smallest absolute Gasteiger partial charge is 0.335 e. The van der Waals surface area contributed by atoms with Gasteiger partial charge in [0.1, 0.15) is 0 Å². The fourth-order valence-corrected chi connectivity index (χ4v) is 3.34. The van der Waals surface area contributed by atoms with Crippen LogP contribution in [0.3, 0.4) is 0 Å². The molecule has 1 aliphatic rings. The number of hydrogen-bond acceptors (Lipinski definition) is 2. The van der Waals surface area contributed by atoms with Crippen molar-refractivity contribution in [3.8, 4) is 0 Å². The van der Waals surface area contributed by atoms with Crippen molar-refractivity contribution in [1.29, 1.82) is 0 Å². The average Bonchev–Trinajstić information content (AvgIpc) is 2.75. The van der Waals surface area contributed by atoms with Crippen LogP contribution in [0.5, 0.6) is 0 Å². The normalized spacial score (nSPS) is 18.7. The SMILES string of the molecule is CCCC1=C(Br)C(c2cccc3ccccc23)OC1=O. The van der Waals surface area contributed by atoms with Crippen molar-refractivity contribution in [3.63, 3.8) is 0 Å². The first-order valence-electron chi connectivity index (χ1n) is 6.79. The Hall–Kier alpha value is -1.61. The minimum absolute atomic E-state index is 0.198. The van der Waals surface area contributed by atoms with E-state index in [-0.39, 0.29) is 12.1 Å². The number of rotatable bonds is 3. The molecule has 0 aromatic heterocycles. The summed E-state index contributed by atoms with van der Waals surface area (Å²) in [7, 11) is 0. The Morgan fingerprint density at radius 1 is 1.15 bits per heavy atom. The van der Waals surface area contributed by atoms with Crippen molar-refractivity contribution < 1.29 is 9.53 Å². The van der Waals surface area contributed by atoms with E-state index in [1.807, 2.05) is 24.3 Å². The molecule has 1 atom stereocenters. The van der Waals surface area contributed by atoms with Gasteiger partial charge in [0.15, 0.2) is 6.10 Å². The van der Waals surface area contributed by atoms with Crippen LogP contribution in [0.4, 0.5) is 0 Å². The van der Waals surface area contributed by atoms with E-state index in [4.69, 9.17) is 4.74 Å². The summed E-state index contributed by atoms with van der Waals surface area (Å²) in [5.41, 5.74) is 1.81. The first-order chi connectivity index (χ1) is 9.72. The van der Waals surface area contributed by atoms with Gasteiger partial charge in [0.25, 0.3) is 0 Å². The van der Waals surface area contributed by atoms with E-state index < -0.39 is 0 Å². The highest BCUT2D eigenvalue weighted by atomic mass is 79.9. The van der Waals surface area contributed by atoms with Gasteiger partial charge in [-0.3, -0.25) is 0 Å². The number of carbonyl (C=O) groups excluding carboxylic acids is 1. The lowest BCUT2D eigenvalue weighted by Crippen LogP contribution is -2.03. The standard InChI is InChI=1S/C17H15BrO2/c1-2-6-14-15(18)16(20-17(14)19)13-10-5-8-11-7-3-4-9-12(11)13/h3-5,7-10,16H,2,6H2,1H3. The molecule has 0 saturated heterocycles. The highest BCUT2D eigenvalue weighted by Crippen LogP contribution is 2.42. The van der Waals surface area contributed by atoms with Crippen LogP contribution in [-0.4, -0.2) is 5.97 Å². The Labute approximate surface area is 126 Å². The molecule has 102 valence electrons. The first kappa shape index (κ1) is 13.4. The maximum Gasteiger partial charge on any atom is 0.335 e. The summed E-state index contributed by atoms with van der Waals surface area (Å²) < 4.78 is 6.45. The molecule has 0 radical (unpaired) electrons. The van der Waals surface area contributed by atoms with E-state index >= 15 is 0 Å². The molecule has 0 bridgehead atoms. The highest BCUT2D eigenvalue weighted by molar-refractivity contribution is 9.11. The van der Waals surface area contributed by atoms with Crippen molar-refractivity contribution in [2.24, 2.45) is 0 Å². The lowest BCUT2D eigenvalue weighted by molar-refractivity contribution is -0.140. The van der Waals surface area contributed by atoms with Gasteiger partial charge in [-0.05, 0) is 17.2 Å². The van der Waals surface area contributed by atoms with Crippen LogP contribution in [0.15, 0.2) is 52.5 Å². The fourth-order valence-electron chi connectivity index (χ4n) is 2.64. The molecule has 2 aromatic rings. The lowest BCUT2D eigenvalue weighted by Gasteiger charge is -2.13. The summed E-state index contributed by atoms with van der Waals surface area (Å²) in [6.07, 6.45) is 1.37. The van der Waals surface area contributed by atoms with Crippen molar-refractivity contribution in [2.45, 2.75) is 25.9 Å². The summed E-state index contributed by atoms with van der Waals surface area (Å²) >= 11 is 3.57. The first-order valence-corrected chi connectivity index (χ1v) is 7.59. The highest BCUT2D eigenvalue weighted by Gasteiger charge is 2.33. The van der Waals surface area contributed by atoms with Crippen LogP contribution >= 0.6 is 15.9 Å². The van der Waals surface area contributed by atoms with E-state index in [0.717, 1.165) is 39.2 Å². The number of hydrogen-bond donors (Lipinski definition) is 0. The maximum atomic E-state index is 12.0. The zero-order valence-electron chi connectivity index (χ0n) is 11.2. The van der Waals surface area contributed by atoms with E-state index in [0.29, 0.717) is 0 Å². The number of ether oxygens (including phenoxy) is 1. The lowest BCUT2D eigenvalue weighted by atomic mass is 9.99. The van der Waals surface area contributed by atoms with Crippen LogP contribution in [0, 0.1) is 0 Å². The zero-order valence-corrected chi connectivity index (χ0v) is 12.8. The van der Waals surface area contributed by atoms with Crippen molar-refractivity contribution in [2.75, 3.05) is 0 Å². The Kier molecular flexibility index (Phi) is 3.62. The van der Waals surface area contributed by atoms with Crippen LogP contribution in [0.2, 0.25) is 0 Å². The molecule has 0 amide bonds. The molecule has 2 aromatic carbocycles. The monoisotopic (exact) mass is 330 g/mol. The van der Waals surface area contributed by atoms with Gasteiger partial charge < -0.3 is 4.74 Å². The minimum Gasteiger partial charge on any atom is -0.449 e. The summed E-state index contributed by atoms with van der Waals surface area (Å²) in [4.78, 5) is 12.0.